The van der Waals surface area contributed by atoms with Gasteiger partial charge in [-0.15, -0.1) is 0 Å². The number of ketones is 1. The van der Waals surface area contributed by atoms with E-state index in [0.29, 0.717) is 29.9 Å². The Bertz CT molecular complexity index is 985. The number of hydrogen-bond acceptors (Lipinski definition) is 5. The molecule has 5 heteroatoms. The number of nitrogens with zero attached hydrogens (tertiary/aromatic N) is 1. The fraction of sp³-hybridized carbons (Fsp3) is 0.250. The van der Waals surface area contributed by atoms with Crippen molar-refractivity contribution in [3.63, 3.8) is 0 Å². The highest BCUT2D eigenvalue weighted by Crippen LogP contribution is 2.32. The van der Waals surface area contributed by atoms with Crippen molar-refractivity contribution in [3.05, 3.63) is 77.6 Å². The van der Waals surface area contributed by atoms with Crippen LogP contribution in [0.25, 0.3) is 0 Å². The van der Waals surface area contributed by atoms with Crippen molar-refractivity contribution in [2.24, 2.45) is 5.92 Å². The minimum atomic E-state index is -0.0543. The van der Waals surface area contributed by atoms with Crippen LogP contribution in [0.5, 0.6) is 11.5 Å². The van der Waals surface area contributed by atoms with E-state index in [9.17, 15) is 9.90 Å². The number of anilines is 2. The van der Waals surface area contributed by atoms with E-state index in [4.69, 9.17) is 4.74 Å². The number of aromatic hydroxyl groups is 1. The molecular formula is C24H26N2O3. The van der Waals surface area contributed by atoms with E-state index in [1.807, 2.05) is 50.2 Å². The molecule has 0 aliphatic heterocycles. The number of hydrogen-bond donors (Lipinski definition) is 2. The van der Waals surface area contributed by atoms with Gasteiger partial charge in [-0.1, -0.05) is 26.0 Å². The maximum absolute atomic E-state index is 12.3. The highest BCUT2D eigenvalue weighted by atomic mass is 16.5. The lowest BCUT2D eigenvalue weighted by atomic mass is 9.98. The second kappa shape index (κ2) is 9.24. The average molecular weight is 390 g/mol. The number of carbonyl (C=O) groups excluding carboxylic acids is 1. The molecule has 0 atom stereocenters. The van der Waals surface area contributed by atoms with Crippen molar-refractivity contribution in [1.29, 1.82) is 0 Å². The number of carbonyl (C=O) groups is 1. The molecule has 1 heterocycles. The highest BCUT2D eigenvalue weighted by molar-refractivity contribution is 5.99. The number of phenolic OH excluding ortho intramolecular Hbond substituents is 1. The summed E-state index contributed by atoms with van der Waals surface area (Å²) in [5, 5.41) is 13.8. The second-order valence-electron chi connectivity index (χ2n) is 7.46. The number of nitrogens with one attached hydrogen (secondary N) is 1. The summed E-state index contributed by atoms with van der Waals surface area (Å²) >= 11 is 0. The van der Waals surface area contributed by atoms with Crippen LogP contribution in [0.15, 0.2) is 60.9 Å². The van der Waals surface area contributed by atoms with Crippen LogP contribution in [0.4, 0.5) is 11.4 Å². The van der Waals surface area contributed by atoms with Crippen LogP contribution in [0.3, 0.4) is 0 Å². The van der Waals surface area contributed by atoms with Crippen LogP contribution < -0.4 is 10.1 Å². The third kappa shape index (κ3) is 5.35. The molecule has 150 valence electrons. The molecular weight excluding hydrogens is 364 g/mol. The monoisotopic (exact) mass is 390 g/mol. The first-order chi connectivity index (χ1) is 13.9. The van der Waals surface area contributed by atoms with Crippen LogP contribution in [0, 0.1) is 12.8 Å². The number of aromatic nitrogens is 1. The number of Topliss-reactive ketones (excluding diaryl/α,β-unsaturated/α-hetero) is 1. The first-order valence-electron chi connectivity index (χ1n) is 9.68. The summed E-state index contributed by atoms with van der Waals surface area (Å²) in [6, 6.07) is 15.1. The summed E-state index contributed by atoms with van der Waals surface area (Å²) in [7, 11) is 0. The molecule has 3 rings (SSSR count). The molecule has 0 bridgehead atoms. The summed E-state index contributed by atoms with van der Waals surface area (Å²) in [6.45, 7) is 6.08. The summed E-state index contributed by atoms with van der Waals surface area (Å²) in [4.78, 5) is 16.4. The van der Waals surface area contributed by atoms with E-state index in [1.165, 1.54) is 0 Å². The summed E-state index contributed by atoms with van der Waals surface area (Å²) in [5.41, 5.74) is 3.76. The van der Waals surface area contributed by atoms with Gasteiger partial charge in [0.25, 0.3) is 0 Å². The van der Waals surface area contributed by atoms with Gasteiger partial charge in [0.15, 0.2) is 5.78 Å². The second-order valence-corrected chi connectivity index (χ2v) is 7.46. The van der Waals surface area contributed by atoms with Gasteiger partial charge in [0.05, 0.1) is 17.4 Å². The van der Waals surface area contributed by atoms with E-state index >= 15 is 0 Å². The third-order valence-electron chi connectivity index (χ3n) is 4.55. The Morgan fingerprint density at radius 2 is 1.93 bits per heavy atom. The van der Waals surface area contributed by atoms with E-state index in [1.54, 1.807) is 31.5 Å². The van der Waals surface area contributed by atoms with Crippen molar-refractivity contribution >= 4 is 17.2 Å². The zero-order valence-corrected chi connectivity index (χ0v) is 17.0. The van der Waals surface area contributed by atoms with E-state index in [0.717, 1.165) is 16.9 Å². The highest BCUT2D eigenvalue weighted by Gasteiger charge is 2.17. The molecule has 2 N–H and O–H groups in total. The molecule has 0 radical (unpaired) electrons. The molecule has 0 saturated carbocycles. The molecule has 0 fully saturated rings. The van der Waals surface area contributed by atoms with Crippen molar-refractivity contribution in [2.75, 3.05) is 5.32 Å². The SMILES string of the molecule is Cc1c(OCc2cccc(Nc3cccnc3)c2)ccc(C(=O)CC(C)C)c1O. The molecule has 0 amide bonds. The molecule has 29 heavy (non-hydrogen) atoms. The Kier molecular flexibility index (Phi) is 6.50. The maximum atomic E-state index is 12.3. The minimum absolute atomic E-state index is 0.000134. The van der Waals surface area contributed by atoms with Crippen molar-refractivity contribution < 1.29 is 14.6 Å². The predicted octanol–water partition coefficient (Wildman–Crippen LogP) is 5.65. The van der Waals surface area contributed by atoms with Crippen LogP contribution in [0.1, 0.15) is 41.8 Å². The molecule has 0 aliphatic carbocycles. The van der Waals surface area contributed by atoms with Crippen LogP contribution >= 0.6 is 0 Å². The van der Waals surface area contributed by atoms with Gasteiger partial charge in [-0.25, -0.2) is 0 Å². The molecule has 3 aromatic rings. The lowest BCUT2D eigenvalue weighted by Gasteiger charge is -2.14. The fourth-order valence-electron chi connectivity index (χ4n) is 3.05. The molecule has 5 nitrogen and oxygen atoms in total. The minimum Gasteiger partial charge on any atom is -0.507 e. The van der Waals surface area contributed by atoms with Gasteiger partial charge < -0.3 is 15.2 Å². The van der Waals surface area contributed by atoms with Gasteiger partial charge in [-0.3, -0.25) is 9.78 Å². The van der Waals surface area contributed by atoms with E-state index < -0.39 is 0 Å². The lowest BCUT2D eigenvalue weighted by Crippen LogP contribution is -2.05. The molecule has 0 saturated heterocycles. The number of rotatable bonds is 8. The van der Waals surface area contributed by atoms with Crippen molar-refractivity contribution in [2.45, 2.75) is 33.8 Å². The van der Waals surface area contributed by atoms with Crippen molar-refractivity contribution in [1.82, 2.24) is 4.98 Å². The Balaban J connectivity index is 1.69. The van der Waals surface area contributed by atoms with Crippen LogP contribution in [0.2, 0.25) is 0 Å². The first-order valence-corrected chi connectivity index (χ1v) is 9.68. The topological polar surface area (TPSA) is 71.5 Å². The Morgan fingerprint density at radius 1 is 1.14 bits per heavy atom. The molecule has 1 aromatic heterocycles. The van der Waals surface area contributed by atoms with Gasteiger partial charge in [-0.05, 0) is 54.8 Å². The number of pyridine rings is 1. The Morgan fingerprint density at radius 3 is 2.66 bits per heavy atom. The van der Waals surface area contributed by atoms with E-state index in [2.05, 4.69) is 10.3 Å². The van der Waals surface area contributed by atoms with E-state index in [-0.39, 0.29) is 17.5 Å². The quantitative estimate of drug-likeness (QED) is 0.487. The zero-order chi connectivity index (χ0) is 20.8. The third-order valence-corrected chi connectivity index (χ3v) is 4.55. The molecule has 0 aliphatic rings. The molecule has 2 aromatic carbocycles. The van der Waals surface area contributed by atoms with Gasteiger partial charge in [-0.2, -0.15) is 0 Å². The first kappa shape index (κ1) is 20.4. The van der Waals surface area contributed by atoms with Gasteiger partial charge in [0.1, 0.15) is 18.1 Å². The number of benzene rings is 2. The standard InChI is InChI=1S/C24H26N2O3/c1-16(2)12-22(27)21-9-10-23(17(3)24(21)28)29-15-18-6-4-7-19(13-18)26-20-8-5-11-25-14-20/h4-11,13-14,16,26,28H,12,15H2,1-3H3. The summed E-state index contributed by atoms with van der Waals surface area (Å²) in [6.07, 6.45) is 3.90. The average Bonchev–Trinajstić information content (AvgIpc) is 2.69. The van der Waals surface area contributed by atoms with Crippen molar-refractivity contribution in [3.8, 4) is 11.5 Å². The number of phenols is 1. The molecule has 0 spiro atoms. The predicted molar refractivity (Wildman–Crippen MR) is 115 cm³/mol. The normalized spacial score (nSPS) is 10.8. The summed E-state index contributed by atoms with van der Waals surface area (Å²) in [5.74, 6) is 0.751. The summed E-state index contributed by atoms with van der Waals surface area (Å²) < 4.78 is 5.91. The molecule has 0 unspecified atom stereocenters. The maximum Gasteiger partial charge on any atom is 0.166 e. The Labute approximate surface area is 171 Å². The van der Waals surface area contributed by atoms with Gasteiger partial charge in [0.2, 0.25) is 0 Å². The van der Waals surface area contributed by atoms with Gasteiger partial charge >= 0.3 is 0 Å². The zero-order valence-electron chi connectivity index (χ0n) is 17.0. The van der Waals surface area contributed by atoms with Crippen LogP contribution in [-0.4, -0.2) is 15.9 Å². The van der Waals surface area contributed by atoms with Crippen LogP contribution in [-0.2, 0) is 6.61 Å². The van der Waals surface area contributed by atoms with Gasteiger partial charge in [0, 0.05) is 23.9 Å². The fourth-order valence-corrected chi connectivity index (χ4v) is 3.05. The lowest BCUT2D eigenvalue weighted by molar-refractivity contribution is 0.0965. The smallest absolute Gasteiger partial charge is 0.166 e. The number of ether oxygens (including phenoxy) is 1. The largest absolute Gasteiger partial charge is 0.507 e. The Hall–Kier alpha value is -3.34.